The van der Waals surface area contributed by atoms with Crippen molar-refractivity contribution in [3.8, 4) is 5.75 Å². The van der Waals surface area contributed by atoms with Gasteiger partial charge in [0.05, 0.1) is 0 Å². The van der Waals surface area contributed by atoms with Crippen LogP contribution in [0.4, 0.5) is 30.7 Å². The second-order valence-electron chi connectivity index (χ2n) is 4.42. The van der Waals surface area contributed by atoms with Gasteiger partial charge in [0.25, 0.3) is 0 Å². The molecule has 2 rings (SSSR count). The molecule has 22 heavy (non-hydrogen) atoms. The van der Waals surface area contributed by atoms with Gasteiger partial charge in [0.15, 0.2) is 17.5 Å². The first kappa shape index (κ1) is 16.2. The van der Waals surface area contributed by atoms with Crippen LogP contribution < -0.4 is 10.2 Å². The molecular formula is C13H6BF7O. The Hall–Kier alpha value is -2.19. The Kier molecular flexibility index (Phi) is 4.08. The third kappa shape index (κ3) is 3.02. The van der Waals surface area contributed by atoms with Crippen LogP contribution in [0.2, 0.25) is 0 Å². The van der Waals surface area contributed by atoms with Gasteiger partial charge in [-0.05, 0) is 12.1 Å². The second-order valence-corrected chi connectivity index (χ2v) is 4.42. The summed E-state index contributed by atoms with van der Waals surface area (Å²) in [5, 5.41) is 0. The van der Waals surface area contributed by atoms with Gasteiger partial charge in [-0.2, -0.15) is 8.78 Å². The first-order valence-corrected chi connectivity index (χ1v) is 5.79. The second kappa shape index (κ2) is 5.55. The van der Waals surface area contributed by atoms with Gasteiger partial charge in [-0.15, -0.1) is 0 Å². The molecule has 0 unspecified atom stereocenters. The zero-order chi connectivity index (χ0) is 16.7. The third-order valence-electron chi connectivity index (χ3n) is 2.68. The standard InChI is InChI=1S/C13H6BF7O/c14-5-1-7(15)11(8(16)2-5)13(20,21)22-6-3-9(17)12(19)10(18)4-6/h1-4H,14H2. The van der Waals surface area contributed by atoms with Crippen LogP contribution in [-0.4, -0.2) is 7.85 Å². The van der Waals surface area contributed by atoms with Gasteiger partial charge >= 0.3 is 6.11 Å². The molecule has 0 radical (unpaired) electrons. The van der Waals surface area contributed by atoms with Crippen LogP contribution in [0.15, 0.2) is 24.3 Å². The molecular weight excluding hydrogens is 316 g/mol. The van der Waals surface area contributed by atoms with E-state index in [-0.39, 0.29) is 17.6 Å². The van der Waals surface area contributed by atoms with Gasteiger partial charge in [0.2, 0.25) is 0 Å². The third-order valence-corrected chi connectivity index (χ3v) is 2.68. The summed E-state index contributed by atoms with van der Waals surface area (Å²) >= 11 is 0. The molecule has 0 fully saturated rings. The molecule has 2 aromatic rings. The van der Waals surface area contributed by atoms with Crippen LogP contribution in [0, 0.1) is 29.1 Å². The molecule has 0 spiro atoms. The molecule has 0 saturated heterocycles. The molecule has 0 aromatic heterocycles. The summed E-state index contributed by atoms with van der Waals surface area (Å²) in [5.41, 5.74) is -1.67. The predicted octanol–water partition coefficient (Wildman–Crippen LogP) is 2.77. The van der Waals surface area contributed by atoms with E-state index in [0.29, 0.717) is 12.1 Å². The fourth-order valence-corrected chi connectivity index (χ4v) is 1.77. The fourth-order valence-electron chi connectivity index (χ4n) is 1.77. The molecule has 0 bridgehead atoms. The van der Waals surface area contributed by atoms with E-state index in [0.717, 1.165) is 0 Å². The molecule has 2 aromatic carbocycles. The first-order chi connectivity index (χ1) is 10.1. The Balaban J connectivity index is 2.44. The summed E-state index contributed by atoms with van der Waals surface area (Å²) in [6, 6.07) is 1.55. The highest BCUT2D eigenvalue weighted by Crippen LogP contribution is 2.35. The fraction of sp³-hybridized carbons (Fsp3) is 0.0769. The molecule has 0 aliphatic carbocycles. The van der Waals surface area contributed by atoms with Gasteiger partial charge < -0.3 is 4.74 Å². The number of hydrogen-bond donors (Lipinski definition) is 0. The Morgan fingerprint density at radius 3 is 1.68 bits per heavy atom. The van der Waals surface area contributed by atoms with E-state index in [1.165, 1.54) is 7.85 Å². The quantitative estimate of drug-likeness (QED) is 0.480. The number of rotatable bonds is 3. The largest absolute Gasteiger partial charge is 0.432 e. The smallest absolute Gasteiger partial charge is 0.429 e. The van der Waals surface area contributed by atoms with Crippen LogP contribution in [0.5, 0.6) is 5.75 Å². The molecule has 1 nitrogen and oxygen atoms in total. The van der Waals surface area contributed by atoms with E-state index >= 15 is 0 Å². The van der Waals surface area contributed by atoms with Crippen LogP contribution in [0.3, 0.4) is 0 Å². The van der Waals surface area contributed by atoms with Gasteiger partial charge in [0, 0.05) is 12.1 Å². The minimum Gasteiger partial charge on any atom is -0.429 e. The molecule has 0 saturated carbocycles. The molecule has 116 valence electrons. The summed E-state index contributed by atoms with van der Waals surface area (Å²) in [6.07, 6.45) is -4.56. The minimum absolute atomic E-state index is 0.0495. The number of alkyl halides is 2. The van der Waals surface area contributed by atoms with Crippen LogP contribution in [0.25, 0.3) is 0 Å². The van der Waals surface area contributed by atoms with Crippen LogP contribution in [0.1, 0.15) is 5.56 Å². The predicted molar refractivity (Wildman–Crippen MR) is 65.4 cm³/mol. The van der Waals surface area contributed by atoms with Crippen molar-refractivity contribution in [3.05, 3.63) is 58.9 Å². The zero-order valence-corrected chi connectivity index (χ0v) is 10.9. The van der Waals surface area contributed by atoms with Gasteiger partial charge in [0.1, 0.15) is 30.8 Å². The molecule has 9 heteroatoms. The highest BCUT2D eigenvalue weighted by molar-refractivity contribution is 6.32. The lowest BCUT2D eigenvalue weighted by Gasteiger charge is -2.19. The van der Waals surface area contributed by atoms with Crippen molar-refractivity contribution in [1.82, 2.24) is 0 Å². The normalized spacial score (nSPS) is 11.6. The van der Waals surface area contributed by atoms with Crippen LogP contribution >= 0.6 is 0 Å². The maximum absolute atomic E-state index is 13.8. The summed E-state index contributed by atoms with van der Waals surface area (Å²) < 4.78 is 97.2. The Bertz CT molecular complexity index is 686. The molecule has 0 heterocycles. The van der Waals surface area contributed by atoms with E-state index in [9.17, 15) is 30.7 Å². The van der Waals surface area contributed by atoms with Crippen LogP contribution in [-0.2, 0) is 6.11 Å². The summed E-state index contributed by atoms with van der Waals surface area (Å²) in [4.78, 5) is 0. The molecule has 0 aliphatic rings. The first-order valence-electron chi connectivity index (χ1n) is 5.79. The van der Waals surface area contributed by atoms with Gasteiger partial charge in [-0.1, -0.05) is 5.46 Å². The minimum atomic E-state index is -4.56. The zero-order valence-electron chi connectivity index (χ0n) is 10.9. The number of benzene rings is 2. The van der Waals surface area contributed by atoms with E-state index < -0.39 is 46.5 Å². The maximum Gasteiger partial charge on any atom is 0.432 e. The van der Waals surface area contributed by atoms with Crippen molar-refractivity contribution in [2.45, 2.75) is 6.11 Å². The van der Waals surface area contributed by atoms with Gasteiger partial charge in [-0.3, -0.25) is 0 Å². The van der Waals surface area contributed by atoms with Crippen molar-refractivity contribution in [2.75, 3.05) is 0 Å². The lowest BCUT2D eigenvalue weighted by atomic mass is 9.94. The maximum atomic E-state index is 13.8. The number of halogens is 7. The molecule has 0 aliphatic heterocycles. The lowest BCUT2D eigenvalue weighted by Crippen LogP contribution is -2.26. The molecule has 0 amide bonds. The highest BCUT2D eigenvalue weighted by Gasteiger charge is 2.41. The van der Waals surface area contributed by atoms with E-state index in [1.807, 2.05) is 0 Å². The van der Waals surface area contributed by atoms with E-state index in [4.69, 9.17) is 0 Å². The lowest BCUT2D eigenvalue weighted by molar-refractivity contribution is -0.189. The Morgan fingerprint density at radius 2 is 1.23 bits per heavy atom. The average Bonchev–Trinajstić information content (AvgIpc) is 2.33. The van der Waals surface area contributed by atoms with Gasteiger partial charge in [-0.25, -0.2) is 22.0 Å². The number of ether oxygens (including phenoxy) is 1. The van der Waals surface area contributed by atoms with E-state index in [2.05, 4.69) is 4.74 Å². The monoisotopic (exact) mass is 322 g/mol. The van der Waals surface area contributed by atoms with Crippen molar-refractivity contribution < 1.29 is 35.5 Å². The van der Waals surface area contributed by atoms with Crippen molar-refractivity contribution >= 4 is 13.3 Å². The Labute approximate surface area is 120 Å². The number of hydrogen-bond acceptors (Lipinski definition) is 1. The van der Waals surface area contributed by atoms with E-state index in [1.54, 1.807) is 0 Å². The summed E-state index contributed by atoms with van der Waals surface area (Å²) in [6.45, 7) is 0. The van der Waals surface area contributed by atoms with Crippen molar-refractivity contribution in [3.63, 3.8) is 0 Å². The molecule has 0 atom stereocenters. The topological polar surface area (TPSA) is 9.23 Å². The summed E-state index contributed by atoms with van der Waals surface area (Å²) in [7, 11) is 1.28. The van der Waals surface area contributed by atoms with Crippen molar-refractivity contribution in [2.24, 2.45) is 0 Å². The highest BCUT2D eigenvalue weighted by atomic mass is 19.3. The Morgan fingerprint density at radius 1 is 0.773 bits per heavy atom. The van der Waals surface area contributed by atoms with Crippen molar-refractivity contribution in [1.29, 1.82) is 0 Å². The molecule has 0 N–H and O–H groups in total. The average molecular weight is 322 g/mol. The summed E-state index contributed by atoms with van der Waals surface area (Å²) in [5.74, 6) is -9.76. The SMILES string of the molecule is Bc1cc(F)c(C(F)(F)Oc2cc(F)c(F)c(F)c2)c(F)c1.